The lowest BCUT2D eigenvalue weighted by atomic mass is 10.2. The van der Waals surface area contributed by atoms with Crippen LogP contribution in [0.1, 0.15) is 6.42 Å². The second kappa shape index (κ2) is 7.36. The zero-order valence-electron chi connectivity index (χ0n) is 14.0. The number of rotatable bonds is 6. The Bertz CT molecular complexity index is 815. The van der Waals surface area contributed by atoms with Gasteiger partial charge in [-0.25, -0.2) is 14.4 Å². The number of nitrogens with one attached hydrogen (secondary N) is 1. The molecule has 1 heterocycles. The minimum Gasteiger partial charge on any atom is -0.369 e. The van der Waals surface area contributed by atoms with Crippen molar-refractivity contribution in [3.63, 3.8) is 0 Å². The number of benzene rings is 2. The SMILES string of the molecule is CN(C)CCCNc1nc(-c2ccc(F)cc2)nc2ccccc12. The van der Waals surface area contributed by atoms with Gasteiger partial charge in [0, 0.05) is 17.5 Å². The highest BCUT2D eigenvalue weighted by atomic mass is 19.1. The molecule has 1 aromatic heterocycles. The summed E-state index contributed by atoms with van der Waals surface area (Å²) >= 11 is 0. The van der Waals surface area contributed by atoms with Gasteiger partial charge in [0.2, 0.25) is 0 Å². The number of fused-ring (bicyclic) bond motifs is 1. The van der Waals surface area contributed by atoms with Gasteiger partial charge in [-0.2, -0.15) is 0 Å². The van der Waals surface area contributed by atoms with E-state index in [0.717, 1.165) is 41.8 Å². The van der Waals surface area contributed by atoms with Gasteiger partial charge in [0.25, 0.3) is 0 Å². The molecule has 0 unspecified atom stereocenters. The maximum atomic E-state index is 13.1. The van der Waals surface area contributed by atoms with Crippen LogP contribution in [-0.4, -0.2) is 42.1 Å². The third-order valence-electron chi connectivity index (χ3n) is 3.78. The van der Waals surface area contributed by atoms with Crippen molar-refractivity contribution in [3.8, 4) is 11.4 Å². The zero-order valence-corrected chi connectivity index (χ0v) is 14.0. The average molecular weight is 324 g/mol. The van der Waals surface area contributed by atoms with Crippen LogP contribution in [0.5, 0.6) is 0 Å². The molecule has 0 fully saturated rings. The molecule has 24 heavy (non-hydrogen) atoms. The summed E-state index contributed by atoms with van der Waals surface area (Å²) in [7, 11) is 4.12. The van der Waals surface area contributed by atoms with E-state index in [1.54, 1.807) is 12.1 Å². The number of aromatic nitrogens is 2. The maximum Gasteiger partial charge on any atom is 0.162 e. The Labute approximate surface area is 141 Å². The highest BCUT2D eigenvalue weighted by molar-refractivity contribution is 5.90. The molecule has 5 heteroatoms. The molecule has 0 radical (unpaired) electrons. The molecule has 0 atom stereocenters. The van der Waals surface area contributed by atoms with Crippen LogP contribution in [0.2, 0.25) is 0 Å². The number of nitrogens with zero attached hydrogens (tertiary/aromatic N) is 3. The van der Waals surface area contributed by atoms with Crippen LogP contribution in [0.3, 0.4) is 0 Å². The van der Waals surface area contributed by atoms with Gasteiger partial charge in [-0.1, -0.05) is 12.1 Å². The van der Waals surface area contributed by atoms with Crippen LogP contribution in [0.25, 0.3) is 22.3 Å². The van der Waals surface area contributed by atoms with E-state index in [9.17, 15) is 4.39 Å². The maximum absolute atomic E-state index is 13.1. The van der Waals surface area contributed by atoms with E-state index in [2.05, 4.69) is 34.3 Å². The van der Waals surface area contributed by atoms with E-state index in [1.165, 1.54) is 12.1 Å². The van der Waals surface area contributed by atoms with Gasteiger partial charge in [0.05, 0.1) is 5.52 Å². The van der Waals surface area contributed by atoms with Crippen molar-refractivity contribution in [1.82, 2.24) is 14.9 Å². The summed E-state index contributed by atoms with van der Waals surface area (Å²) in [6.45, 7) is 1.85. The van der Waals surface area contributed by atoms with E-state index >= 15 is 0 Å². The molecule has 4 nitrogen and oxygen atoms in total. The molecule has 3 aromatic rings. The average Bonchev–Trinajstić information content (AvgIpc) is 2.59. The molecule has 0 saturated heterocycles. The lowest BCUT2D eigenvalue weighted by Crippen LogP contribution is -2.16. The van der Waals surface area contributed by atoms with Crippen LogP contribution in [-0.2, 0) is 0 Å². The van der Waals surface area contributed by atoms with Crippen LogP contribution in [0.15, 0.2) is 48.5 Å². The Kier molecular flexibility index (Phi) is 5.01. The number of hydrogen-bond acceptors (Lipinski definition) is 4. The van der Waals surface area contributed by atoms with Crippen LogP contribution in [0, 0.1) is 5.82 Å². The molecular weight excluding hydrogens is 303 g/mol. The molecule has 0 saturated carbocycles. The predicted octanol–water partition coefficient (Wildman–Crippen LogP) is 3.80. The first-order valence-electron chi connectivity index (χ1n) is 8.05. The minimum absolute atomic E-state index is 0.262. The Morgan fingerprint density at radius 2 is 1.75 bits per heavy atom. The van der Waals surface area contributed by atoms with Crippen LogP contribution in [0.4, 0.5) is 10.2 Å². The van der Waals surface area contributed by atoms with Gasteiger partial charge in [0.1, 0.15) is 11.6 Å². The number of hydrogen-bond donors (Lipinski definition) is 1. The smallest absolute Gasteiger partial charge is 0.162 e. The normalized spacial score (nSPS) is 11.2. The number of halogens is 1. The molecule has 0 aliphatic heterocycles. The Hall–Kier alpha value is -2.53. The third-order valence-corrected chi connectivity index (χ3v) is 3.78. The summed E-state index contributed by atoms with van der Waals surface area (Å²) in [5.74, 6) is 1.16. The molecule has 0 spiro atoms. The van der Waals surface area contributed by atoms with Crippen molar-refractivity contribution in [2.24, 2.45) is 0 Å². The summed E-state index contributed by atoms with van der Waals surface area (Å²) in [5.41, 5.74) is 1.68. The summed E-state index contributed by atoms with van der Waals surface area (Å²) in [5, 5.41) is 4.41. The Balaban J connectivity index is 1.92. The first-order valence-corrected chi connectivity index (χ1v) is 8.05. The van der Waals surface area contributed by atoms with Crippen molar-refractivity contribution < 1.29 is 4.39 Å². The molecule has 1 N–H and O–H groups in total. The van der Waals surface area contributed by atoms with Crippen LogP contribution < -0.4 is 5.32 Å². The van der Waals surface area contributed by atoms with Crippen molar-refractivity contribution >= 4 is 16.7 Å². The molecule has 3 rings (SSSR count). The van der Waals surface area contributed by atoms with Crippen molar-refractivity contribution in [3.05, 3.63) is 54.3 Å². The van der Waals surface area contributed by atoms with Crippen molar-refractivity contribution in [2.45, 2.75) is 6.42 Å². The molecule has 0 bridgehead atoms. The topological polar surface area (TPSA) is 41.0 Å². The fraction of sp³-hybridized carbons (Fsp3) is 0.263. The third kappa shape index (κ3) is 3.86. The first-order chi connectivity index (χ1) is 11.6. The largest absolute Gasteiger partial charge is 0.369 e. The van der Waals surface area contributed by atoms with Gasteiger partial charge in [-0.05, 0) is 63.5 Å². The lowest BCUT2D eigenvalue weighted by Gasteiger charge is -2.13. The van der Waals surface area contributed by atoms with Gasteiger partial charge in [-0.3, -0.25) is 0 Å². The van der Waals surface area contributed by atoms with Crippen LogP contribution >= 0.6 is 0 Å². The van der Waals surface area contributed by atoms with E-state index in [-0.39, 0.29) is 5.82 Å². The molecule has 0 aliphatic rings. The molecular formula is C19H21FN4. The summed E-state index contributed by atoms with van der Waals surface area (Å²) in [6, 6.07) is 14.2. The fourth-order valence-corrected chi connectivity index (χ4v) is 2.54. The Morgan fingerprint density at radius 1 is 1.00 bits per heavy atom. The monoisotopic (exact) mass is 324 g/mol. The highest BCUT2D eigenvalue weighted by Gasteiger charge is 2.09. The standard InChI is InChI=1S/C19H21FN4/c1-24(2)13-5-12-21-19-16-6-3-4-7-17(16)22-18(23-19)14-8-10-15(20)11-9-14/h3-4,6-11H,5,12-13H2,1-2H3,(H,21,22,23). The molecule has 2 aromatic carbocycles. The zero-order chi connectivity index (χ0) is 16.9. The van der Waals surface area contributed by atoms with Gasteiger partial charge < -0.3 is 10.2 Å². The van der Waals surface area contributed by atoms with Gasteiger partial charge >= 0.3 is 0 Å². The van der Waals surface area contributed by atoms with E-state index in [4.69, 9.17) is 0 Å². The second-order valence-corrected chi connectivity index (χ2v) is 6.00. The van der Waals surface area contributed by atoms with E-state index in [0.29, 0.717) is 5.82 Å². The predicted molar refractivity (Wildman–Crippen MR) is 96.6 cm³/mol. The summed E-state index contributed by atoms with van der Waals surface area (Å²) < 4.78 is 13.1. The minimum atomic E-state index is -0.262. The lowest BCUT2D eigenvalue weighted by molar-refractivity contribution is 0.405. The number of anilines is 1. The molecule has 124 valence electrons. The van der Waals surface area contributed by atoms with E-state index < -0.39 is 0 Å². The quantitative estimate of drug-likeness (QED) is 0.700. The van der Waals surface area contributed by atoms with Crippen molar-refractivity contribution in [1.29, 1.82) is 0 Å². The molecule has 0 aliphatic carbocycles. The fourth-order valence-electron chi connectivity index (χ4n) is 2.54. The second-order valence-electron chi connectivity index (χ2n) is 6.00. The Morgan fingerprint density at radius 3 is 2.50 bits per heavy atom. The first kappa shape index (κ1) is 16.3. The molecule has 0 amide bonds. The van der Waals surface area contributed by atoms with Crippen molar-refractivity contribution in [2.75, 3.05) is 32.5 Å². The van der Waals surface area contributed by atoms with Gasteiger partial charge in [-0.15, -0.1) is 0 Å². The summed E-state index contributed by atoms with van der Waals surface area (Å²) in [6.07, 6.45) is 1.03. The summed E-state index contributed by atoms with van der Waals surface area (Å²) in [4.78, 5) is 11.4. The van der Waals surface area contributed by atoms with E-state index in [1.807, 2.05) is 24.3 Å². The van der Waals surface area contributed by atoms with Gasteiger partial charge in [0.15, 0.2) is 5.82 Å². The number of para-hydroxylation sites is 1. The highest BCUT2D eigenvalue weighted by Crippen LogP contribution is 2.25.